The zero-order valence-electron chi connectivity index (χ0n) is 8.65. The normalized spacial score (nSPS) is 34.6. The molecule has 1 unspecified atom stereocenters. The van der Waals surface area contributed by atoms with Gasteiger partial charge in [-0.2, -0.15) is 0 Å². The Balaban J connectivity index is 3.04. The second kappa shape index (κ2) is 2.88. The zero-order valence-corrected chi connectivity index (χ0v) is 8.65. The lowest BCUT2D eigenvalue weighted by Gasteiger charge is -2.46. The molecule has 1 heteroatoms. The lowest BCUT2D eigenvalue weighted by molar-refractivity contribution is -0.0480. The molecule has 0 bridgehead atoms. The molecule has 0 heterocycles. The Labute approximate surface area is 75.5 Å². The molecule has 12 heavy (non-hydrogen) atoms. The highest BCUT2D eigenvalue weighted by molar-refractivity contribution is 5.22. The molecule has 0 amide bonds. The first-order valence-electron chi connectivity index (χ1n) is 4.83. The summed E-state index contributed by atoms with van der Waals surface area (Å²) in [6, 6.07) is 0. The lowest BCUT2D eigenvalue weighted by Crippen LogP contribution is -2.46. The van der Waals surface area contributed by atoms with Crippen LogP contribution in [0.1, 0.15) is 47.0 Å². The van der Waals surface area contributed by atoms with Gasteiger partial charge in [0.05, 0.1) is 5.60 Å². The van der Waals surface area contributed by atoms with Gasteiger partial charge in [0.15, 0.2) is 0 Å². The highest BCUT2D eigenvalue weighted by Gasteiger charge is 2.44. The van der Waals surface area contributed by atoms with E-state index < -0.39 is 5.60 Å². The molecule has 0 spiro atoms. The van der Waals surface area contributed by atoms with Crippen molar-refractivity contribution in [1.29, 1.82) is 0 Å². The van der Waals surface area contributed by atoms with Crippen molar-refractivity contribution in [1.82, 2.24) is 0 Å². The molecule has 0 fully saturated rings. The van der Waals surface area contributed by atoms with E-state index in [2.05, 4.69) is 26.8 Å². The molecule has 0 saturated heterocycles. The second-order valence-corrected chi connectivity index (χ2v) is 4.52. The van der Waals surface area contributed by atoms with Crippen molar-refractivity contribution in [2.75, 3.05) is 0 Å². The predicted octanol–water partition coefficient (Wildman–Crippen LogP) is 2.89. The molecule has 70 valence electrons. The predicted molar refractivity (Wildman–Crippen MR) is 52.0 cm³/mol. The summed E-state index contributed by atoms with van der Waals surface area (Å²) in [5.41, 5.74) is 0.632. The molecule has 0 aromatic rings. The summed E-state index contributed by atoms with van der Waals surface area (Å²) in [7, 11) is 0. The lowest BCUT2D eigenvalue weighted by atomic mass is 9.64. The van der Waals surface area contributed by atoms with Gasteiger partial charge in [-0.3, -0.25) is 0 Å². The maximum absolute atomic E-state index is 10.4. The number of hydrogen-bond acceptors (Lipinski definition) is 1. The fraction of sp³-hybridized carbons (Fsp3) is 0.818. The number of aliphatic hydroxyl groups is 1. The van der Waals surface area contributed by atoms with Crippen LogP contribution >= 0.6 is 0 Å². The molecule has 1 N–H and O–H groups in total. The topological polar surface area (TPSA) is 20.2 Å². The van der Waals surface area contributed by atoms with Gasteiger partial charge in [-0.25, -0.2) is 0 Å². The van der Waals surface area contributed by atoms with E-state index in [0.29, 0.717) is 0 Å². The molecule has 0 aromatic carbocycles. The first-order valence-corrected chi connectivity index (χ1v) is 4.83. The molecule has 0 aliphatic heterocycles. The van der Waals surface area contributed by atoms with Crippen LogP contribution < -0.4 is 0 Å². The third-order valence-corrected chi connectivity index (χ3v) is 3.50. The molecule has 0 aromatic heterocycles. The van der Waals surface area contributed by atoms with Gasteiger partial charge in [0.1, 0.15) is 0 Å². The van der Waals surface area contributed by atoms with Crippen LogP contribution in [0.25, 0.3) is 0 Å². The Bertz CT molecular complexity index is 203. The van der Waals surface area contributed by atoms with Gasteiger partial charge in [0, 0.05) is 0 Å². The average molecular weight is 168 g/mol. The zero-order chi connectivity index (χ0) is 9.41. The maximum Gasteiger partial charge on any atom is 0.0902 e. The van der Waals surface area contributed by atoms with Gasteiger partial charge < -0.3 is 5.11 Å². The highest BCUT2D eigenvalue weighted by atomic mass is 16.3. The highest BCUT2D eigenvalue weighted by Crippen LogP contribution is 2.45. The van der Waals surface area contributed by atoms with Gasteiger partial charge in [0.2, 0.25) is 0 Å². The van der Waals surface area contributed by atoms with E-state index in [0.717, 1.165) is 24.8 Å². The number of rotatable bonds is 1. The van der Waals surface area contributed by atoms with Crippen molar-refractivity contribution in [2.24, 2.45) is 5.41 Å². The SMILES string of the molecule is CCC1(O)C(C)=CCCC1(C)C. The average Bonchev–Trinajstić information content (AvgIpc) is 2.00. The molecule has 1 rings (SSSR count). The summed E-state index contributed by atoms with van der Waals surface area (Å²) in [6.07, 6.45) is 5.20. The minimum absolute atomic E-state index is 0.0422. The standard InChI is InChI=1S/C11H20O/c1-5-11(12)9(2)7-6-8-10(11,3)4/h7,12H,5-6,8H2,1-4H3. The van der Waals surface area contributed by atoms with Gasteiger partial charge >= 0.3 is 0 Å². The van der Waals surface area contributed by atoms with Crippen molar-refractivity contribution in [3.63, 3.8) is 0 Å². The van der Waals surface area contributed by atoms with E-state index in [1.807, 2.05) is 6.92 Å². The molecule has 0 saturated carbocycles. The Morgan fingerprint density at radius 3 is 2.42 bits per heavy atom. The fourth-order valence-corrected chi connectivity index (χ4v) is 2.32. The molecular formula is C11H20O. The number of hydrogen-bond donors (Lipinski definition) is 1. The quantitative estimate of drug-likeness (QED) is 0.597. The first kappa shape index (κ1) is 9.79. The third-order valence-electron chi connectivity index (χ3n) is 3.50. The van der Waals surface area contributed by atoms with Crippen molar-refractivity contribution in [3.8, 4) is 0 Å². The Morgan fingerprint density at radius 1 is 1.50 bits per heavy atom. The number of allylic oxidation sites excluding steroid dienone is 1. The van der Waals surface area contributed by atoms with Crippen molar-refractivity contribution in [3.05, 3.63) is 11.6 Å². The molecular weight excluding hydrogens is 148 g/mol. The smallest absolute Gasteiger partial charge is 0.0902 e. The summed E-state index contributed by atoms with van der Waals surface area (Å²) in [5, 5.41) is 10.4. The monoisotopic (exact) mass is 168 g/mol. The third kappa shape index (κ3) is 1.20. The Hall–Kier alpha value is -0.300. The first-order chi connectivity index (χ1) is 5.44. The van der Waals surface area contributed by atoms with Gasteiger partial charge in [0.25, 0.3) is 0 Å². The Morgan fingerprint density at radius 2 is 2.08 bits per heavy atom. The van der Waals surface area contributed by atoms with E-state index in [4.69, 9.17) is 0 Å². The summed E-state index contributed by atoms with van der Waals surface area (Å²) >= 11 is 0. The molecule has 1 atom stereocenters. The minimum Gasteiger partial charge on any atom is -0.385 e. The van der Waals surface area contributed by atoms with Crippen LogP contribution in [0.15, 0.2) is 11.6 Å². The van der Waals surface area contributed by atoms with E-state index >= 15 is 0 Å². The van der Waals surface area contributed by atoms with Crippen molar-refractivity contribution < 1.29 is 5.11 Å². The molecule has 1 aliphatic carbocycles. The minimum atomic E-state index is -0.564. The van der Waals surface area contributed by atoms with Crippen LogP contribution in [0.2, 0.25) is 0 Å². The molecule has 0 radical (unpaired) electrons. The van der Waals surface area contributed by atoms with E-state index in [1.165, 1.54) is 0 Å². The van der Waals surface area contributed by atoms with Gasteiger partial charge in [-0.05, 0) is 37.2 Å². The summed E-state index contributed by atoms with van der Waals surface area (Å²) in [5.74, 6) is 0. The van der Waals surface area contributed by atoms with Gasteiger partial charge in [-0.1, -0.05) is 26.8 Å². The summed E-state index contributed by atoms with van der Waals surface area (Å²) in [4.78, 5) is 0. The van der Waals surface area contributed by atoms with Crippen LogP contribution in [0.3, 0.4) is 0 Å². The summed E-state index contributed by atoms with van der Waals surface area (Å²) < 4.78 is 0. The van der Waals surface area contributed by atoms with Crippen LogP contribution in [0, 0.1) is 5.41 Å². The second-order valence-electron chi connectivity index (χ2n) is 4.52. The van der Waals surface area contributed by atoms with Crippen LogP contribution in [0.5, 0.6) is 0 Å². The maximum atomic E-state index is 10.4. The van der Waals surface area contributed by atoms with Crippen molar-refractivity contribution in [2.45, 2.75) is 52.6 Å². The molecule has 1 aliphatic rings. The molecule has 1 nitrogen and oxygen atoms in total. The van der Waals surface area contributed by atoms with Crippen LogP contribution in [-0.4, -0.2) is 10.7 Å². The summed E-state index contributed by atoms with van der Waals surface area (Å²) in [6.45, 7) is 8.43. The van der Waals surface area contributed by atoms with Crippen molar-refractivity contribution >= 4 is 0 Å². The fourth-order valence-electron chi connectivity index (χ4n) is 2.32. The van der Waals surface area contributed by atoms with E-state index in [1.54, 1.807) is 0 Å². The van der Waals surface area contributed by atoms with Crippen LogP contribution in [0.4, 0.5) is 0 Å². The largest absolute Gasteiger partial charge is 0.385 e. The Kier molecular flexibility index (Phi) is 2.35. The van der Waals surface area contributed by atoms with E-state index in [9.17, 15) is 5.11 Å². The van der Waals surface area contributed by atoms with E-state index in [-0.39, 0.29) is 5.41 Å². The van der Waals surface area contributed by atoms with Gasteiger partial charge in [-0.15, -0.1) is 0 Å². The van der Waals surface area contributed by atoms with Crippen LogP contribution in [-0.2, 0) is 0 Å².